The van der Waals surface area contributed by atoms with Crippen molar-refractivity contribution in [3.63, 3.8) is 0 Å². The number of non-ortho nitro benzene ring substituents is 1. The monoisotopic (exact) mass is 491 g/mol. The Bertz CT molecular complexity index is 1090. The summed E-state index contributed by atoms with van der Waals surface area (Å²) in [6, 6.07) is 16.2. The minimum Gasteiger partial charge on any atom is -0.351 e. The van der Waals surface area contributed by atoms with Gasteiger partial charge in [0, 0.05) is 46.7 Å². The number of nitrogens with one attached hydrogen (secondary N) is 1. The second-order valence-corrected chi connectivity index (χ2v) is 9.00. The number of carbonyl (C=O) groups is 1. The standard InChI is InChI=1S/C23H22ClN3O3S.ClH/c1-15-14-18-10-13-31-22(18)21(16-2-6-19(24)7-3-16)26(15)12-11-25-23(28)17-4-8-20(9-5-17)27(29)30;/h2-10,13,15,21H,11-12,14H2,1H3,(H,25,28);1H/t15-,21-;/m1./s1. The highest BCUT2D eigenvalue weighted by Gasteiger charge is 2.33. The molecule has 2 aromatic carbocycles. The molecule has 168 valence electrons. The van der Waals surface area contributed by atoms with E-state index in [-0.39, 0.29) is 30.0 Å². The van der Waals surface area contributed by atoms with Gasteiger partial charge in [0.15, 0.2) is 0 Å². The molecule has 3 aromatic rings. The van der Waals surface area contributed by atoms with Crippen LogP contribution in [0.3, 0.4) is 0 Å². The van der Waals surface area contributed by atoms with Crippen molar-refractivity contribution in [2.75, 3.05) is 13.1 Å². The minimum absolute atomic E-state index is 0. The first kappa shape index (κ1) is 24.2. The molecule has 0 saturated heterocycles. The molecule has 1 aliphatic heterocycles. The van der Waals surface area contributed by atoms with E-state index >= 15 is 0 Å². The molecule has 1 amide bonds. The van der Waals surface area contributed by atoms with Crippen LogP contribution in [0.4, 0.5) is 5.69 Å². The molecule has 1 aliphatic rings. The van der Waals surface area contributed by atoms with Crippen LogP contribution in [0.25, 0.3) is 0 Å². The summed E-state index contributed by atoms with van der Waals surface area (Å²) >= 11 is 7.86. The van der Waals surface area contributed by atoms with E-state index in [1.807, 2.05) is 12.1 Å². The second-order valence-electron chi connectivity index (χ2n) is 7.62. The third kappa shape index (κ3) is 5.13. The topological polar surface area (TPSA) is 75.5 Å². The van der Waals surface area contributed by atoms with E-state index in [0.717, 1.165) is 6.42 Å². The molecule has 0 radical (unpaired) electrons. The Morgan fingerprint density at radius 3 is 2.53 bits per heavy atom. The van der Waals surface area contributed by atoms with E-state index < -0.39 is 4.92 Å². The number of nitro groups is 1. The summed E-state index contributed by atoms with van der Waals surface area (Å²) in [6.45, 7) is 3.37. The Labute approximate surface area is 201 Å². The number of thiophene rings is 1. The Morgan fingerprint density at radius 2 is 1.88 bits per heavy atom. The number of halogens is 2. The Kier molecular flexibility index (Phi) is 7.90. The van der Waals surface area contributed by atoms with Crippen molar-refractivity contribution in [2.24, 2.45) is 0 Å². The smallest absolute Gasteiger partial charge is 0.269 e. The Hall–Kier alpha value is -2.45. The van der Waals surface area contributed by atoms with Crippen LogP contribution in [0.5, 0.6) is 0 Å². The van der Waals surface area contributed by atoms with Gasteiger partial charge in [-0.1, -0.05) is 23.7 Å². The molecule has 0 unspecified atom stereocenters. The van der Waals surface area contributed by atoms with Crippen LogP contribution in [0, 0.1) is 10.1 Å². The van der Waals surface area contributed by atoms with Gasteiger partial charge >= 0.3 is 0 Å². The first-order chi connectivity index (χ1) is 14.9. The highest BCUT2D eigenvalue weighted by Crippen LogP contribution is 2.40. The largest absolute Gasteiger partial charge is 0.351 e. The number of nitro benzene ring substituents is 1. The number of benzene rings is 2. The molecule has 6 nitrogen and oxygen atoms in total. The fourth-order valence-electron chi connectivity index (χ4n) is 4.07. The summed E-state index contributed by atoms with van der Waals surface area (Å²) in [7, 11) is 0. The van der Waals surface area contributed by atoms with Gasteiger partial charge in [0.1, 0.15) is 0 Å². The zero-order valence-electron chi connectivity index (χ0n) is 17.4. The first-order valence-corrected chi connectivity index (χ1v) is 11.3. The highest BCUT2D eigenvalue weighted by atomic mass is 35.5. The molecule has 9 heteroatoms. The molecule has 2 heterocycles. The number of hydrogen-bond acceptors (Lipinski definition) is 5. The van der Waals surface area contributed by atoms with Crippen molar-refractivity contribution in [1.82, 2.24) is 10.2 Å². The van der Waals surface area contributed by atoms with Crippen LogP contribution in [-0.4, -0.2) is 34.9 Å². The van der Waals surface area contributed by atoms with Crippen LogP contribution in [0.15, 0.2) is 60.0 Å². The predicted octanol–water partition coefficient (Wildman–Crippen LogP) is 5.50. The van der Waals surface area contributed by atoms with Gasteiger partial charge in [-0.15, -0.1) is 23.7 Å². The number of rotatable bonds is 6. The number of amides is 1. The van der Waals surface area contributed by atoms with E-state index in [2.05, 4.69) is 40.7 Å². The number of fused-ring (bicyclic) bond motifs is 1. The van der Waals surface area contributed by atoms with Gasteiger partial charge in [0.25, 0.3) is 11.6 Å². The summed E-state index contributed by atoms with van der Waals surface area (Å²) in [5.41, 5.74) is 2.94. The van der Waals surface area contributed by atoms with Gasteiger partial charge < -0.3 is 5.32 Å². The summed E-state index contributed by atoms with van der Waals surface area (Å²) in [4.78, 5) is 26.5. The lowest BCUT2D eigenvalue weighted by atomic mass is 9.91. The van der Waals surface area contributed by atoms with Crippen molar-refractivity contribution >= 4 is 46.9 Å². The van der Waals surface area contributed by atoms with Crippen molar-refractivity contribution in [3.05, 3.63) is 96.7 Å². The van der Waals surface area contributed by atoms with Gasteiger partial charge in [-0.25, -0.2) is 0 Å². The van der Waals surface area contributed by atoms with Crippen molar-refractivity contribution < 1.29 is 9.72 Å². The Balaban J connectivity index is 0.00000289. The van der Waals surface area contributed by atoms with E-state index in [4.69, 9.17) is 11.6 Å². The molecule has 1 N–H and O–H groups in total. The molecule has 0 spiro atoms. The van der Waals surface area contributed by atoms with Crippen molar-refractivity contribution in [2.45, 2.75) is 25.4 Å². The predicted molar refractivity (Wildman–Crippen MR) is 130 cm³/mol. The molecule has 0 bridgehead atoms. The minimum atomic E-state index is -0.477. The van der Waals surface area contributed by atoms with Gasteiger partial charge in [-0.3, -0.25) is 19.8 Å². The molecule has 4 rings (SSSR count). The molecule has 0 saturated carbocycles. The molecule has 0 fully saturated rings. The fourth-order valence-corrected chi connectivity index (χ4v) is 5.28. The summed E-state index contributed by atoms with van der Waals surface area (Å²) in [5.74, 6) is -0.237. The summed E-state index contributed by atoms with van der Waals surface area (Å²) < 4.78 is 0. The third-order valence-corrected chi connectivity index (χ3v) is 6.89. The van der Waals surface area contributed by atoms with Gasteiger partial charge in [0.05, 0.1) is 11.0 Å². The molecule has 2 atom stereocenters. The highest BCUT2D eigenvalue weighted by molar-refractivity contribution is 7.10. The number of hydrogen-bond donors (Lipinski definition) is 1. The second kappa shape index (κ2) is 10.4. The maximum absolute atomic E-state index is 12.5. The van der Waals surface area contributed by atoms with Crippen LogP contribution < -0.4 is 5.32 Å². The maximum Gasteiger partial charge on any atom is 0.269 e. The van der Waals surface area contributed by atoms with Gasteiger partial charge in [-0.2, -0.15) is 0 Å². The molecule has 32 heavy (non-hydrogen) atoms. The maximum atomic E-state index is 12.5. The van der Waals surface area contributed by atoms with E-state index in [0.29, 0.717) is 29.7 Å². The van der Waals surface area contributed by atoms with Crippen molar-refractivity contribution in [3.8, 4) is 0 Å². The van der Waals surface area contributed by atoms with Crippen LogP contribution in [-0.2, 0) is 6.42 Å². The number of carbonyl (C=O) groups excluding carboxylic acids is 1. The molecular formula is C23H23Cl2N3O3S. The average Bonchev–Trinajstić information content (AvgIpc) is 3.22. The SMILES string of the molecule is C[C@@H]1Cc2ccsc2[C@@H](c2ccc(Cl)cc2)N1CCNC(=O)c1ccc([N+](=O)[O-])cc1.Cl. The van der Waals surface area contributed by atoms with E-state index in [1.165, 1.54) is 40.3 Å². The first-order valence-electron chi connectivity index (χ1n) is 10.0. The molecule has 0 aliphatic carbocycles. The fraction of sp³-hybridized carbons (Fsp3) is 0.261. The lowest BCUT2D eigenvalue weighted by Crippen LogP contribution is -2.45. The van der Waals surface area contributed by atoms with E-state index in [9.17, 15) is 14.9 Å². The third-order valence-electron chi connectivity index (χ3n) is 5.62. The summed E-state index contributed by atoms with van der Waals surface area (Å²) in [6.07, 6.45) is 0.971. The normalized spacial score (nSPS) is 17.8. The lowest BCUT2D eigenvalue weighted by Gasteiger charge is -2.41. The quantitative estimate of drug-likeness (QED) is 0.364. The summed E-state index contributed by atoms with van der Waals surface area (Å²) in [5, 5.41) is 16.6. The lowest BCUT2D eigenvalue weighted by molar-refractivity contribution is -0.384. The van der Waals surface area contributed by atoms with E-state index in [1.54, 1.807) is 11.3 Å². The van der Waals surface area contributed by atoms with Crippen LogP contribution >= 0.6 is 35.3 Å². The van der Waals surface area contributed by atoms with Gasteiger partial charge in [-0.05, 0) is 60.2 Å². The van der Waals surface area contributed by atoms with Crippen molar-refractivity contribution in [1.29, 1.82) is 0 Å². The van der Waals surface area contributed by atoms with Gasteiger partial charge in [0.2, 0.25) is 0 Å². The number of nitrogens with zero attached hydrogens (tertiary/aromatic N) is 2. The van der Waals surface area contributed by atoms with Crippen LogP contribution in [0.2, 0.25) is 5.02 Å². The average molecular weight is 492 g/mol. The van der Waals surface area contributed by atoms with Crippen LogP contribution in [0.1, 0.15) is 39.3 Å². The Morgan fingerprint density at radius 1 is 1.19 bits per heavy atom. The zero-order chi connectivity index (χ0) is 22.0. The molecular weight excluding hydrogens is 469 g/mol. The molecule has 1 aromatic heterocycles. The zero-order valence-corrected chi connectivity index (χ0v) is 19.8.